The van der Waals surface area contributed by atoms with Crippen LogP contribution in [0.1, 0.15) is 0 Å². The van der Waals surface area contributed by atoms with Gasteiger partial charge in [-0.1, -0.05) is 11.2 Å². The molecule has 0 amide bonds. The minimum Gasteiger partial charge on any atom is -0.318 e. The number of amidine groups is 1. The Labute approximate surface area is 90.4 Å². The fourth-order valence-electron chi connectivity index (χ4n) is 1.75. The average molecular weight is 217 g/mol. The van der Waals surface area contributed by atoms with Crippen molar-refractivity contribution in [2.75, 3.05) is 18.0 Å². The van der Waals surface area contributed by atoms with E-state index in [1.165, 1.54) is 4.90 Å². The first-order valence-electron chi connectivity index (χ1n) is 4.57. The first-order chi connectivity index (χ1) is 7.38. The molecule has 3 rings (SSSR count). The highest BCUT2D eigenvalue weighted by molar-refractivity contribution is 8.14. The molecular weight excluding hydrogens is 210 g/mol. The SMILES string of the molecule is [N-]=[N+]=Nc1ccc2c(c1)N1CCN=C1S2. The lowest BCUT2D eigenvalue weighted by Crippen LogP contribution is -2.20. The molecule has 2 heterocycles. The van der Waals surface area contributed by atoms with Crippen LogP contribution in [-0.2, 0) is 0 Å². The molecular formula is C9H7N5S. The Hall–Kier alpha value is -1.65. The van der Waals surface area contributed by atoms with E-state index < -0.39 is 0 Å². The van der Waals surface area contributed by atoms with Gasteiger partial charge in [-0.2, -0.15) is 0 Å². The number of anilines is 1. The van der Waals surface area contributed by atoms with Gasteiger partial charge in [-0.3, -0.25) is 4.99 Å². The number of thioether (sulfide) groups is 1. The van der Waals surface area contributed by atoms with Crippen LogP contribution in [0.15, 0.2) is 33.2 Å². The lowest BCUT2D eigenvalue weighted by molar-refractivity contribution is 1.01. The fraction of sp³-hybridized carbons (Fsp3) is 0.222. The summed E-state index contributed by atoms with van der Waals surface area (Å²) in [7, 11) is 0. The molecule has 1 aromatic carbocycles. The van der Waals surface area contributed by atoms with Gasteiger partial charge in [-0.05, 0) is 29.4 Å². The highest BCUT2D eigenvalue weighted by atomic mass is 32.2. The van der Waals surface area contributed by atoms with Gasteiger partial charge >= 0.3 is 0 Å². The van der Waals surface area contributed by atoms with Crippen molar-refractivity contribution in [1.82, 2.24) is 0 Å². The van der Waals surface area contributed by atoms with Crippen molar-refractivity contribution < 1.29 is 0 Å². The predicted octanol–water partition coefficient (Wildman–Crippen LogP) is 2.91. The van der Waals surface area contributed by atoms with Crippen molar-refractivity contribution in [3.05, 3.63) is 28.6 Å². The number of azide groups is 1. The van der Waals surface area contributed by atoms with Crippen LogP contribution in [0.5, 0.6) is 0 Å². The van der Waals surface area contributed by atoms with Crippen molar-refractivity contribution in [3.8, 4) is 0 Å². The van der Waals surface area contributed by atoms with Crippen LogP contribution in [0, 0.1) is 0 Å². The Morgan fingerprint density at radius 3 is 3.33 bits per heavy atom. The van der Waals surface area contributed by atoms with Gasteiger partial charge in [-0.25, -0.2) is 0 Å². The van der Waals surface area contributed by atoms with Crippen LogP contribution in [0.4, 0.5) is 11.4 Å². The third-order valence-corrected chi connectivity index (χ3v) is 3.49. The van der Waals surface area contributed by atoms with E-state index in [-0.39, 0.29) is 0 Å². The smallest absolute Gasteiger partial charge is 0.168 e. The molecule has 2 aliphatic rings. The summed E-state index contributed by atoms with van der Waals surface area (Å²) in [6.07, 6.45) is 0. The number of benzene rings is 1. The Morgan fingerprint density at radius 2 is 2.47 bits per heavy atom. The molecule has 0 atom stereocenters. The molecule has 0 N–H and O–H groups in total. The maximum absolute atomic E-state index is 8.37. The number of hydrogen-bond acceptors (Lipinski definition) is 4. The Morgan fingerprint density at radius 1 is 1.53 bits per heavy atom. The number of rotatable bonds is 1. The van der Waals surface area contributed by atoms with Gasteiger partial charge in [0.2, 0.25) is 0 Å². The molecule has 0 unspecified atom stereocenters. The predicted molar refractivity (Wildman–Crippen MR) is 60.8 cm³/mol. The lowest BCUT2D eigenvalue weighted by Gasteiger charge is -2.11. The van der Waals surface area contributed by atoms with Gasteiger partial charge in [0.25, 0.3) is 0 Å². The normalized spacial score (nSPS) is 16.8. The second kappa shape index (κ2) is 3.18. The summed E-state index contributed by atoms with van der Waals surface area (Å²) in [6, 6.07) is 5.72. The van der Waals surface area contributed by atoms with E-state index in [0.717, 1.165) is 23.9 Å². The van der Waals surface area contributed by atoms with E-state index in [9.17, 15) is 0 Å². The van der Waals surface area contributed by atoms with Gasteiger partial charge in [0.15, 0.2) is 5.17 Å². The monoisotopic (exact) mass is 217 g/mol. The van der Waals surface area contributed by atoms with E-state index in [0.29, 0.717) is 5.69 Å². The molecule has 0 spiro atoms. The third-order valence-electron chi connectivity index (χ3n) is 2.40. The Balaban J connectivity index is 2.10. The van der Waals surface area contributed by atoms with Crippen LogP contribution in [0.3, 0.4) is 0 Å². The highest BCUT2D eigenvalue weighted by Gasteiger charge is 2.29. The average Bonchev–Trinajstić information content (AvgIpc) is 2.78. The van der Waals surface area contributed by atoms with Crippen LogP contribution in [-0.4, -0.2) is 18.3 Å². The summed E-state index contributed by atoms with van der Waals surface area (Å²) < 4.78 is 0. The van der Waals surface area contributed by atoms with E-state index >= 15 is 0 Å². The maximum Gasteiger partial charge on any atom is 0.168 e. The molecule has 0 saturated heterocycles. The zero-order chi connectivity index (χ0) is 10.3. The quantitative estimate of drug-likeness (QED) is 0.412. The van der Waals surface area contributed by atoms with Crippen LogP contribution >= 0.6 is 11.8 Å². The summed E-state index contributed by atoms with van der Waals surface area (Å²) in [5.41, 5.74) is 10.1. The fourth-order valence-corrected chi connectivity index (χ4v) is 2.81. The second-order valence-corrected chi connectivity index (χ2v) is 4.27. The standard InChI is InChI=1S/C9H7N5S/c10-13-12-6-1-2-8-7(5-6)14-4-3-11-9(14)15-8/h1-2,5H,3-4H2. The van der Waals surface area contributed by atoms with Crippen molar-refractivity contribution in [2.24, 2.45) is 10.1 Å². The summed E-state index contributed by atoms with van der Waals surface area (Å²) >= 11 is 1.67. The van der Waals surface area contributed by atoms with Gasteiger partial charge in [0.1, 0.15) is 0 Å². The minimum absolute atomic E-state index is 0.657. The molecule has 0 saturated carbocycles. The van der Waals surface area contributed by atoms with E-state index in [4.69, 9.17) is 5.53 Å². The number of fused-ring (bicyclic) bond motifs is 3. The van der Waals surface area contributed by atoms with E-state index in [1.54, 1.807) is 11.8 Å². The number of nitrogens with zero attached hydrogens (tertiary/aromatic N) is 5. The molecule has 5 nitrogen and oxygen atoms in total. The van der Waals surface area contributed by atoms with Gasteiger partial charge < -0.3 is 4.90 Å². The Kier molecular flexibility index (Phi) is 1.83. The second-order valence-electron chi connectivity index (χ2n) is 3.26. The zero-order valence-corrected chi connectivity index (χ0v) is 8.61. The molecule has 0 aromatic heterocycles. The van der Waals surface area contributed by atoms with Crippen molar-refractivity contribution in [3.63, 3.8) is 0 Å². The first-order valence-corrected chi connectivity index (χ1v) is 5.39. The Bertz CT molecular complexity index is 503. The topological polar surface area (TPSA) is 64.4 Å². The largest absolute Gasteiger partial charge is 0.318 e. The molecule has 0 radical (unpaired) electrons. The minimum atomic E-state index is 0.657. The summed E-state index contributed by atoms with van der Waals surface area (Å²) in [5, 5.41) is 4.66. The highest BCUT2D eigenvalue weighted by Crippen LogP contribution is 2.43. The third kappa shape index (κ3) is 1.26. The molecule has 0 aliphatic carbocycles. The maximum atomic E-state index is 8.37. The first kappa shape index (κ1) is 8.64. The van der Waals surface area contributed by atoms with Crippen LogP contribution in [0.2, 0.25) is 0 Å². The molecule has 15 heavy (non-hydrogen) atoms. The molecule has 74 valence electrons. The molecule has 1 aromatic rings. The molecule has 0 bridgehead atoms. The van der Waals surface area contributed by atoms with Gasteiger partial charge in [-0.15, -0.1) is 0 Å². The van der Waals surface area contributed by atoms with Crippen LogP contribution in [0.25, 0.3) is 10.4 Å². The zero-order valence-electron chi connectivity index (χ0n) is 7.79. The number of aliphatic imine (C=N–C) groups is 1. The molecule has 2 aliphatic heterocycles. The van der Waals surface area contributed by atoms with E-state index in [2.05, 4.69) is 19.9 Å². The number of hydrogen-bond donors (Lipinski definition) is 0. The molecule has 0 fully saturated rings. The molecule has 6 heteroatoms. The summed E-state index contributed by atoms with van der Waals surface area (Å²) in [6.45, 7) is 1.78. The van der Waals surface area contributed by atoms with Gasteiger partial charge in [0.05, 0.1) is 12.2 Å². The van der Waals surface area contributed by atoms with Crippen LogP contribution < -0.4 is 4.90 Å². The van der Waals surface area contributed by atoms with E-state index in [1.807, 2.05) is 18.2 Å². The van der Waals surface area contributed by atoms with Crippen molar-refractivity contribution in [1.29, 1.82) is 0 Å². The summed E-state index contributed by atoms with van der Waals surface area (Å²) in [5.74, 6) is 0. The van der Waals surface area contributed by atoms with Crippen molar-refractivity contribution >= 4 is 28.3 Å². The van der Waals surface area contributed by atoms with Gasteiger partial charge in [0, 0.05) is 22.0 Å². The van der Waals surface area contributed by atoms with Crippen molar-refractivity contribution in [2.45, 2.75) is 4.90 Å². The summed E-state index contributed by atoms with van der Waals surface area (Å²) in [4.78, 5) is 10.5. The lowest BCUT2D eigenvalue weighted by atomic mass is 10.2.